The fourth-order valence-electron chi connectivity index (χ4n) is 1.69. The molecule has 3 amide bonds. The van der Waals surface area contributed by atoms with E-state index in [0.29, 0.717) is 13.2 Å². The van der Waals surface area contributed by atoms with Gasteiger partial charge in [0.25, 0.3) is 0 Å². The van der Waals surface area contributed by atoms with Gasteiger partial charge in [-0.05, 0) is 24.7 Å². The van der Waals surface area contributed by atoms with Crippen LogP contribution >= 0.6 is 0 Å². The lowest BCUT2D eigenvalue weighted by Gasteiger charge is -2.16. The molecule has 0 aliphatic carbocycles. The van der Waals surface area contributed by atoms with E-state index in [1.165, 1.54) is 7.05 Å². The van der Waals surface area contributed by atoms with E-state index in [0.717, 1.165) is 11.3 Å². The number of imide groups is 1. The van der Waals surface area contributed by atoms with E-state index >= 15 is 0 Å². The summed E-state index contributed by atoms with van der Waals surface area (Å²) in [7, 11) is 3.27. The van der Waals surface area contributed by atoms with E-state index in [1.54, 1.807) is 6.08 Å². The molecule has 6 nitrogen and oxygen atoms in total. The molecule has 0 radical (unpaired) electrons. The summed E-state index contributed by atoms with van der Waals surface area (Å²) >= 11 is 0. The minimum Gasteiger partial charge on any atom is -0.490 e. The number of carbonyl (C=O) groups excluding carboxylic acids is 2. The maximum atomic E-state index is 11.5. The minimum atomic E-state index is -0.503. The number of nitrogens with zero attached hydrogens (tertiary/aromatic N) is 1. The first-order valence-electron chi connectivity index (χ1n) is 6.58. The van der Waals surface area contributed by atoms with Crippen LogP contribution in [0.2, 0.25) is 0 Å². The van der Waals surface area contributed by atoms with Crippen LogP contribution in [0.15, 0.2) is 36.9 Å². The van der Waals surface area contributed by atoms with E-state index in [-0.39, 0.29) is 12.5 Å². The molecule has 0 aliphatic rings. The van der Waals surface area contributed by atoms with Gasteiger partial charge in [-0.15, -0.1) is 0 Å². The van der Waals surface area contributed by atoms with Crippen LogP contribution < -0.4 is 15.4 Å². The maximum absolute atomic E-state index is 11.5. The number of benzene rings is 1. The Morgan fingerprint density at radius 2 is 2.00 bits per heavy atom. The smallest absolute Gasteiger partial charge is 0.321 e. The van der Waals surface area contributed by atoms with Gasteiger partial charge in [0.05, 0.1) is 6.54 Å². The standard InChI is InChI=1S/C15H21N3O3/c1-4-9-21-13-7-5-12(6-8-13)10-18(3)11-14(19)17-15(20)16-2/h4-8H,1,9-11H2,2-3H3,(H2,16,17,19,20). The highest BCUT2D eigenvalue weighted by Gasteiger charge is 2.09. The second-order valence-electron chi connectivity index (χ2n) is 4.54. The van der Waals surface area contributed by atoms with Crippen molar-refractivity contribution in [3.63, 3.8) is 0 Å². The van der Waals surface area contributed by atoms with Crippen LogP contribution in [0.4, 0.5) is 4.79 Å². The molecule has 0 saturated heterocycles. The minimum absolute atomic E-state index is 0.141. The summed E-state index contributed by atoms with van der Waals surface area (Å²) in [5.74, 6) is 0.432. The number of ether oxygens (including phenoxy) is 1. The lowest BCUT2D eigenvalue weighted by Crippen LogP contribution is -2.42. The molecule has 1 aromatic rings. The predicted molar refractivity (Wildman–Crippen MR) is 81.1 cm³/mol. The third kappa shape index (κ3) is 6.58. The molecule has 0 fully saturated rings. The highest BCUT2D eigenvalue weighted by Crippen LogP contribution is 2.13. The summed E-state index contributed by atoms with van der Waals surface area (Å²) < 4.78 is 5.40. The number of hydrogen-bond donors (Lipinski definition) is 2. The van der Waals surface area contributed by atoms with Crippen molar-refractivity contribution in [3.05, 3.63) is 42.5 Å². The monoisotopic (exact) mass is 291 g/mol. The van der Waals surface area contributed by atoms with E-state index in [9.17, 15) is 9.59 Å². The van der Waals surface area contributed by atoms with Gasteiger partial charge in [0.1, 0.15) is 12.4 Å². The molecule has 6 heteroatoms. The molecule has 114 valence electrons. The van der Waals surface area contributed by atoms with Crippen molar-refractivity contribution >= 4 is 11.9 Å². The molecule has 0 bridgehead atoms. The molecule has 2 N–H and O–H groups in total. The number of rotatable bonds is 7. The van der Waals surface area contributed by atoms with Gasteiger partial charge in [-0.3, -0.25) is 15.0 Å². The van der Waals surface area contributed by atoms with Crippen LogP contribution in [0.5, 0.6) is 5.75 Å². The Balaban J connectivity index is 2.43. The van der Waals surface area contributed by atoms with Crippen molar-refractivity contribution < 1.29 is 14.3 Å². The molecule has 1 aromatic carbocycles. The molecule has 1 rings (SSSR count). The third-order valence-corrected chi connectivity index (χ3v) is 2.64. The van der Waals surface area contributed by atoms with Crippen LogP contribution in [0, 0.1) is 0 Å². The molecule has 0 atom stereocenters. The van der Waals surface area contributed by atoms with Gasteiger partial charge < -0.3 is 10.1 Å². The molecule has 0 aromatic heterocycles. The second kappa shape index (κ2) is 8.76. The molecule has 0 aliphatic heterocycles. The highest BCUT2D eigenvalue weighted by atomic mass is 16.5. The number of urea groups is 1. The van der Waals surface area contributed by atoms with Gasteiger partial charge in [0.2, 0.25) is 5.91 Å². The Hall–Kier alpha value is -2.34. The first-order chi connectivity index (χ1) is 10.0. The van der Waals surface area contributed by atoms with Gasteiger partial charge in [-0.1, -0.05) is 24.8 Å². The van der Waals surface area contributed by atoms with Crippen molar-refractivity contribution in [2.75, 3.05) is 27.2 Å². The summed E-state index contributed by atoms with van der Waals surface area (Å²) in [6, 6.07) is 7.11. The molecule has 0 unspecified atom stereocenters. The van der Waals surface area contributed by atoms with Crippen LogP contribution in [-0.2, 0) is 11.3 Å². The Morgan fingerprint density at radius 1 is 1.33 bits per heavy atom. The molecular weight excluding hydrogens is 270 g/mol. The summed E-state index contributed by atoms with van der Waals surface area (Å²) in [5, 5.41) is 4.55. The van der Waals surface area contributed by atoms with Crippen LogP contribution in [0.25, 0.3) is 0 Å². The zero-order chi connectivity index (χ0) is 15.7. The van der Waals surface area contributed by atoms with Crippen molar-refractivity contribution in [1.82, 2.24) is 15.5 Å². The van der Waals surface area contributed by atoms with Crippen molar-refractivity contribution in [2.45, 2.75) is 6.54 Å². The lowest BCUT2D eigenvalue weighted by atomic mass is 10.2. The van der Waals surface area contributed by atoms with Gasteiger partial charge in [0, 0.05) is 13.6 Å². The number of amides is 3. The largest absolute Gasteiger partial charge is 0.490 e. The quantitative estimate of drug-likeness (QED) is 0.739. The second-order valence-corrected chi connectivity index (χ2v) is 4.54. The van der Waals surface area contributed by atoms with Crippen LogP contribution in [0.1, 0.15) is 5.56 Å². The van der Waals surface area contributed by atoms with Gasteiger partial charge in [-0.25, -0.2) is 4.79 Å². The number of nitrogens with one attached hydrogen (secondary N) is 2. The molecule has 0 heterocycles. The SMILES string of the molecule is C=CCOc1ccc(CN(C)CC(=O)NC(=O)NC)cc1. The van der Waals surface area contributed by atoms with E-state index in [1.807, 2.05) is 36.2 Å². The fraction of sp³-hybridized carbons (Fsp3) is 0.333. The predicted octanol–water partition coefficient (Wildman–Crippen LogP) is 1.14. The van der Waals surface area contributed by atoms with Crippen molar-refractivity contribution in [3.8, 4) is 5.75 Å². The first-order valence-corrected chi connectivity index (χ1v) is 6.58. The van der Waals surface area contributed by atoms with E-state index in [4.69, 9.17) is 4.74 Å². The zero-order valence-corrected chi connectivity index (χ0v) is 12.4. The Morgan fingerprint density at radius 3 is 2.57 bits per heavy atom. The van der Waals surface area contributed by atoms with Crippen LogP contribution in [-0.4, -0.2) is 44.1 Å². The van der Waals surface area contributed by atoms with Gasteiger partial charge in [0.15, 0.2) is 0 Å². The van der Waals surface area contributed by atoms with Gasteiger partial charge >= 0.3 is 6.03 Å². The first kappa shape index (κ1) is 16.7. The molecule has 0 spiro atoms. The summed E-state index contributed by atoms with van der Waals surface area (Å²) in [5.41, 5.74) is 1.05. The Labute approximate surface area is 124 Å². The molecule has 21 heavy (non-hydrogen) atoms. The maximum Gasteiger partial charge on any atom is 0.321 e. The average molecular weight is 291 g/mol. The molecular formula is C15H21N3O3. The van der Waals surface area contributed by atoms with Crippen molar-refractivity contribution in [1.29, 1.82) is 0 Å². The number of carbonyl (C=O) groups is 2. The third-order valence-electron chi connectivity index (χ3n) is 2.64. The molecule has 0 saturated carbocycles. The normalized spacial score (nSPS) is 10.0. The van der Waals surface area contributed by atoms with Crippen LogP contribution in [0.3, 0.4) is 0 Å². The summed E-state index contributed by atoms with van der Waals surface area (Å²) in [6.07, 6.45) is 1.69. The summed E-state index contributed by atoms with van der Waals surface area (Å²) in [6.45, 7) is 4.80. The zero-order valence-electron chi connectivity index (χ0n) is 12.4. The van der Waals surface area contributed by atoms with Gasteiger partial charge in [-0.2, -0.15) is 0 Å². The lowest BCUT2D eigenvalue weighted by molar-refractivity contribution is -0.120. The van der Waals surface area contributed by atoms with E-state index in [2.05, 4.69) is 17.2 Å². The Kier molecular flexibility index (Phi) is 6.97. The average Bonchev–Trinajstić information content (AvgIpc) is 2.46. The van der Waals surface area contributed by atoms with Crippen molar-refractivity contribution in [2.24, 2.45) is 0 Å². The Bertz CT molecular complexity index is 485. The summed E-state index contributed by atoms with van der Waals surface area (Å²) in [4.78, 5) is 24.4. The van der Waals surface area contributed by atoms with E-state index < -0.39 is 6.03 Å². The number of hydrogen-bond acceptors (Lipinski definition) is 4. The fourth-order valence-corrected chi connectivity index (χ4v) is 1.69. The highest BCUT2D eigenvalue weighted by molar-refractivity contribution is 5.95. The number of likely N-dealkylation sites (N-methyl/N-ethyl adjacent to an activating group) is 1. The topological polar surface area (TPSA) is 70.7 Å².